The smallest absolute Gasteiger partial charge is 0.252 e. The van der Waals surface area contributed by atoms with Crippen molar-refractivity contribution in [1.29, 1.82) is 0 Å². The van der Waals surface area contributed by atoms with Gasteiger partial charge >= 0.3 is 0 Å². The Hall–Kier alpha value is -1.56. The highest BCUT2D eigenvalue weighted by Gasteiger charge is 2.06. The van der Waals surface area contributed by atoms with Crippen LogP contribution in [0, 0.1) is 0 Å². The molecular weight excluding hydrogens is 348 g/mol. The number of benzene rings is 2. The predicted octanol–water partition coefficient (Wildman–Crippen LogP) is 4.29. The Labute approximate surface area is 147 Å². The van der Waals surface area contributed by atoms with Crippen LogP contribution < -0.4 is 4.80 Å². The van der Waals surface area contributed by atoms with Gasteiger partial charge in [-0.3, -0.25) is 4.79 Å². The molecule has 1 aromatic heterocycles. The fourth-order valence-corrected chi connectivity index (χ4v) is 4.00. The van der Waals surface area contributed by atoms with Gasteiger partial charge in [0, 0.05) is 17.0 Å². The maximum Gasteiger partial charge on any atom is 0.252 e. The van der Waals surface area contributed by atoms with Crippen molar-refractivity contribution in [3.63, 3.8) is 0 Å². The van der Waals surface area contributed by atoms with Crippen molar-refractivity contribution in [2.24, 2.45) is 12.0 Å². The summed E-state index contributed by atoms with van der Waals surface area (Å²) in [6.45, 7) is 0. The number of thioether (sulfide) groups is 1. The molecule has 0 fully saturated rings. The van der Waals surface area contributed by atoms with Crippen molar-refractivity contribution < 1.29 is 4.79 Å². The van der Waals surface area contributed by atoms with E-state index < -0.39 is 0 Å². The molecule has 0 aliphatic carbocycles. The number of amides is 1. The number of carbonyl (C=O) groups is 1. The van der Waals surface area contributed by atoms with E-state index >= 15 is 0 Å². The summed E-state index contributed by atoms with van der Waals surface area (Å²) in [5.41, 5.74) is 2.00. The maximum atomic E-state index is 12.2. The number of aryl methyl sites for hydroxylation is 1. The van der Waals surface area contributed by atoms with Gasteiger partial charge in [-0.2, -0.15) is 4.99 Å². The van der Waals surface area contributed by atoms with Gasteiger partial charge in [-0.15, -0.1) is 11.8 Å². The zero-order valence-corrected chi connectivity index (χ0v) is 15.1. The van der Waals surface area contributed by atoms with Crippen LogP contribution in [0.5, 0.6) is 0 Å². The van der Waals surface area contributed by atoms with Crippen molar-refractivity contribution >= 4 is 50.8 Å². The molecule has 0 radical (unpaired) electrons. The van der Waals surface area contributed by atoms with E-state index in [1.54, 1.807) is 11.8 Å². The maximum absolute atomic E-state index is 12.2. The highest BCUT2D eigenvalue weighted by molar-refractivity contribution is 7.98. The summed E-state index contributed by atoms with van der Waals surface area (Å²) in [4.78, 5) is 18.4. The number of fused-ring (bicyclic) bond motifs is 1. The lowest BCUT2D eigenvalue weighted by atomic mass is 10.1. The molecule has 0 bridgehead atoms. The number of halogens is 1. The molecule has 0 N–H and O–H groups in total. The van der Waals surface area contributed by atoms with E-state index in [2.05, 4.69) is 4.99 Å². The van der Waals surface area contributed by atoms with Crippen LogP contribution in [0.1, 0.15) is 5.56 Å². The van der Waals surface area contributed by atoms with Gasteiger partial charge in [0.15, 0.2) is 4.80 Å². The first kappa shape index (κ1) is 16.3. The average molecular weight is 363 g/mol. The Morgan fingerprint density at radius 2 is 2.00 bits per heavy atom. The summed E-state index contributed by atoms with van der Waals surface area (Å²) in [5, 5.41) is 0.686. The lowest BCUT2D eigenvalue weighted by Gasteiger charge is -1.99. The molecule has 0 aliphatic heterocycles. The molecule has 0 atom stereocenters. The van der Waals surface area contributed by atoms with Gasteiger partial charge in [0.05, 0.1) is 16.6 Å². The number of hydrogen-bond donors (Lipinski definition) is 0. The second kappa shape index (κ2) is 6.91. The first-order valence-electron chi connectivity index (χ1n) is 7.02. The van der Waals surface area contributed by atoms with E-state index in [0.717, 1.165) is 15.8 Å². The number of rotatable bonds is 3. The Morgan fingerprint density at radius 1 is 1.26 bits per heavy atom. The molecule has 0 unspecified atom stereocenters. The van der Waals surface area contributed by atoms with Gasteiger partial charge in [0.1, 0.15) is 0 Å². The van der Waals surface area contributed by atoms with E-state index in [1.807, 2.05) is 60.3 Å². The summed E-state index contributed by atoms with van der Waals surface area (Å²) < 4.78 is 2.95. The summed E-state index contributed by atoms with van der Waals surface area (Å²) >= 11 is 9.17. The summed E-state index contributed by atoms with van der Waals surface area (Å²) in [5.74, 6) is -0.143. The number of nitrogens with zero attached hydrogens (tertiary/aromatic N) is 2. The number of aromatic nitrogens is 1. The quantitative estimate of drug-likeness (QED) is 0.651. The molecule has 3 aromatic rings. The van der Waals surface area contributed by atoms with Crippen LogP contribution in [-0.2, 0) is 18.3 Å². The minimum atomic E-state index is -0.143. The van der Waals surface area contributed by atoms with E-state index in [-0.39, 0.29) is 5.91 Å². The largest absolute Gasteiger partial charge is 0.319 e. The Kier molecular flexibility index (Phi) is 4.90. The summed E-state index contributed by atoms with van der Waals surface area (Å²) in [6.07, 6.45) is 2.34. The predicted molar refractivity (Wildman–Crippen MR) is 98.3 cm³/mol. The highest BCUT2D eigenvalue weighted by Crippen LogP contribution is 2.21. The van der Waals surface area contributed by atoms with Gasteiger partial charge in [-0.1, -0.05) is 35.1 Å². The van der Waals surface area contributed by atoms with Crippen LogP contribution in [0.25, 0.3) is 10.2 Å². The SMILES string of the molecule is CSc1ccc(CC(=O)N=c2sc3cc(Cl)ccc3n2C)cc1. The fourth-order valence-electron chi connectivity index (χ4n) is 2.28. The molecule has 6 heteroatoms. The van der Waals surface area contributed by atoms with E-state index in [9.17, 15) is 4.79 Å². The molecule has 0 saturated carbocycles. The van der Waals surface area contributed by atoms with Crippen molar-refractivity contribution in [3.05, 3.63) is 57.9 Å². The normalized spacial score (nSPS) is 12.0. The molecular formula is C17H15ClN2OS2. The molecule has 0 saturated heterocycles. The third-order valence-corrected chi connectivity index (χ3v) is 5.58. The first-order chi connectivity index (χ1) is 11.1. The van der Waals surface area contributed by atoms with Gasteiger partial charge < -0.3 is 4.57 Å². The van der Waals surface area contributed by atoms with Crippen LogP contribution in [0.2, 0.25) is 5.02 Å². The van der Waals surface area contributed by atoms with Gasteiger partial charge in [-0.25, -0.2) is 0 Å². The standard InChI is InChI=1S/C17H15ClN2OS2/c1-20-14-8-5-12(18)10-15(14)23-17(20)19-16(21)9-11-3-6-13(22-2)7-4-11/h3-8,10H,9H2,1-2H3. The van der Waals surface area contributed by atoms with E-state index in [0.29, 0.717) is 16.2 Å². The van der Waals surface area contributed by atoms with E-state index in [4.69, 9.17) is 11.6 Å². The minimum Gasteiger partial charge on any atom is -0.319 e. The zero-order chi connectivity index (χ0) is 16.4. The monoisotopic (exact) mass is 362 g/mol. The fraction of sp³-hybridized carbons (Fsp3) is 0.176. The molecule has 3 rings (SSSR count). The summed E-state index contributed by atoms with van der Waals surface area (Å²) in [7, 11) is 1.91. The second-order valence-corrected chi connectivity index (χ2v) is 7.41. The molecule has 3 nitrogen and oxygen atoms in total. The third-order valence-electron chi connectivity index (χ3n) is 3.51. The van der Waals surface area contributed by atoms with Crippen molar-refractivity contribution in [1.82, 2.24) is 4.57 Å². The topological polar surface area (TPSA) is 34.4 Å². The second-order valence-electron chi connectivity index (χ2n) is 5.09. The van der Waals surface area contributed by atoms with Crippen molar-refractivity contribution in [2.75, 3.05) is 6.26 Å². The van der Waals surface area contributed by atoms with Crippen molar-refractivity contribution in [2.45, 2.75) is 11.3 Å². The number of carbonyl (C=O) groups excluding carboxylic acids is 1. The number of hydrogen-bond acceptors (Lipinski definition) is 3. The number of thiazole rings is 1. The van der Waals surface area contributed by atoms with Crippen LogP contribution in [0.4, 0.5) is 0 Å². The van der Waals surface area contributed by atoms with Crippen LogP contribution in [0.3, 0.4) is 0 Å². The van der Waals surface area contributed by atoms with Crippen LogP contribution in [-0.4, -0.2) is 16.7 Å². The molecule has 0 spiro atoms. The summed E-state index contributed by atoms with van der Waals surface area (Å²) in [6, 6.07) is 13.7. The lowest BCUT2D eigenvalue weighted by molar-refractivity contribution is -0.117. The Morgan fingerprint density at radius 3 is 2.70 bits per heavy atom. The molecule has 2 aromatic carbocycles. The van der Waals surface area contributed by atoms with E-state index in [1.165, 1.54) is 16.2 Å². The third kappa shape index (κ3) is 3.68. The lowest BCUT2D eigenvalue weighted by Crippen LogP contribution is -2.14. The zero-order valence-electron chi connectivity index (χ0n) is 12.7. The Bertz CT molecular complexity index is 926. The van der Waals surface area contributed by atoms with Crippen LogP contribution in [0.15, 0.2) is 52.4 Å². The molecule has 1 amide bonds. The van der Waals surface area contributed by atoms with Crippen LogP contribution >= 0.6 is 34.7 Å². The molecule has 118 valence electrons. The average Bonchev–Trinajstić information content (AvgIpc) is 2.83. The minimum absolute atomic E-state index is 0.143. The molecule has 23 heavy (non-hydrogen) atoms. The van der Waals surface area contributed by atoms with Gasteiger partial charge in [-0.05, 0) is 42.2 Å². The first-order valence-corrected chi connectivity index (χ1v) is 9.44. The Balaban J connectivity index is 1.88. The van der Waals surface area contributed by atoms with Gasteiger partial charge in [0.25, 0.3) is 5.91 Å². The highest BCUT2D eigenvalue weighted by atomic mass is 35.5. The van der Waals surface area contributed by atoms with Crippen molar-refractivity contribution in [3.8, 4) is 0 Å². The van der Waals surface area contributed by atoms with Gasteiger partial charge in [0.2, 0.25) is 0 Å². The molecule has 0 aliphatic rings. The molecule has 1 heterocycles.